The number of benzene rings is 1. The van der Waals surface area contributed by atoms with Gasteiger partial charge in [-0.1, -0.05) is 50.6 Å². The molecular formula is C25H40N2O7. The first kappa shape index (κ1) is 29.4. The fourth-order valence-electron chi connectivity index (χ4n) is 3.24. The molecule has 9 nitrogen and oxygen atoms in total. The standard InChI is InChI=1S/C25H40N2O7/c1-8-16(2)21(19(28)14-20(29)32-7)26-23(30)22(27-24(31)34-25(4,5)6)17(3)33-15-18-12-10-9-11-13-18/h9-13,16-17,19,21-22,28H,8,14-15H2,1-7H3,(H,26,30)(H,27,31)/t16-,17+,19-,21+,22-/m0/s1. The largest absolute Gasteiger partial charge is 0.469 e. The van der Waals surface area contributed by atoms with Gasteiger partial charge in [0, 0.05) is 0 Å². The number of carbonyl (C=O) groups is 3. The summed E-state index contributed by atoms with van der Waals surface area (Å²) in [5, 5.41) is 16.0. The predicted molar refractivity (Wildman–Crippen MR) is 128 cm³/mol. The Labute approximate surface area is 202 Å². The van der Waals surface area contributed by atoms with Gasteiger partial charge < -0.3 is 30.0 Å². The molecule has 34 heavy (non-hydrogen) atoms. The molecule has 2 amide bonds. The predicted octanol–water partition coefficient (Wildman–Crippen LogP) is 2.94. The van der Waals surface area contributed by atoms with Crippen molar-refractivity contribution in [3.05, 3.63) is 35.9 Å². The van der Waals surface area contributed by atoms with E-state index in [-0.39, 0.29) is 18.9 Å². The third kappa shape index (κ3) is 10.5. The van der Waals surface area contributed by atoms with E-state index in [0.717, 1.165) is 5.56 Å². The first-order chi connectivity index (χ1) is 15.9. The highest BCUT2D eigenvalue weighted by Gasteiger charge is 2.34. The zero-order valence-electron chi connectivity index (χ0n) is 21.3. The second kappa shape index (κ2) is 13.9. The molecule has 192 valence electrons. The molecule has 0 heterocycles. The van der Waals surface area contributed by atoms with Crippen LogP contribution in [0.25, 0.3) is 0 Å². The van der Waals surface area contributed by atoms with Gasteiger partial charge in [0.25, 0.3) is 0 Å². The average Bonchev–Trinajstić information content (AvgIpc) is 2.77. The lowest BCUT2D eigenvalue weighted by Crippen LogP contribution is -2.58. The van der Waals surface area contributed by atoms with Gasteiger partial charge in [0.15, 0.2) is 0 Å². The molecule has 0 bridgehead atoms. The van der Waals surface area contributed by atoms with Crippen molar-refractivity contribution in [2.45, 2.75) is 90.9 Å². The molecule has 0 fully saturated rings. The second-order valence-electron chi connectivity index (χ2n) is 9.39. The van der Waals surface area contributed by atoms with E-state index < -0.39 is 47.9 Å². The molecule has 1 aromatic rings. The lowest BCUT2D eigenvalue weighted by Gasteiger charge is -2.32. The van der Waals surface area contributed by atoms with E-state index in [1.165, 1.54) is 7.11 Å². The molecule has 5 atom stereocenters. The van der Waals surface area contributed by atoms with E-state index in [1.807, 2.05) is 44.2 Å². The SMILES string of the molecule is CC[C@H](C)[C@@H](NC(=O)[C@@H](NC(=O)OC(C)(C)C)[C@@H](C)OCc1ccccc1)[C@@H](O)CC(=O)OC. The Morgan fingerprint density at radius 3 is 2.21 bits per heavy atom. The number of hydrogen-bond donors (Lipinski definition) is 3. The molecule has 0 radical (unpaired) electrons. The van der Waals surface area contributed by atoms with Crippen LogP contribution in [0.3, 0.4) is 0 Å². The normalized spacial score (nSPS) is 15.9. The monoisotopic (exact) mass is 480 g/mol. The van der Waals surface area contributed by atoms with Crippen molar-refractivity contribution in [3.63, 3.8) is 0 Å². The molecule has 0 aliphatic carbocycles. The van der Waals surface area contributed by atoms with Crippen LogP contribution < -0.4 is 10.6 Å². The highest BCUT2D eigenvalue weighted by atomic mass is 16.6. The summed E-state index contributed by atoms with van der Waals surface area (Å²) in [5.41, 5.74) is 0.159. The number of nitrogens with one attached hydrogen (secondary N) is 2. The van der Waals surface area contributed by atoms with Crippen LogP contribution in [0.2, 0.25) is 0 Å². The van der Waals surface area contributed by atoms with Crippen LogP contribution in [-0.2, 0) is 30.4 Å². The summed E-state index contributed by atoms with van der Waals surface area (Å²) in [4.78, 5) is 37.4. The summed E-state index contributed by atoms with van der Waals surface area (Å²) in [5.74, 6) is -1.29. The quantitative estimate of drug-likeness (QED) is 0.393. The molecule has 0 aliphatic heterocycles. The molecule has 3 N–H and O–H groups in total. The van der Waals surface area contributed by atoms with Gasteiger partial charge in [-0.15, -0.1) is 0 Å². The maximum atomic E-state index is 13.3. The van der Waals surface area contributed by atoms with Gasteiger partial charge in [0.1, 0.15) is 11.6 Å². The summed E-state index contributed by atoms with van der Waals surface area (Å²) in [7, 11) is 1.23. The van der Waals surface area contributed by atoms with Crippen molar-refractivity contribution in [1.29, 1.82) is 0 Å². The van der Waals surface area contributed by atoms with E-state index in [4.69, 9.17) is 9.47 Å². The maximum Gasteiger partial charge on any atom is 0.408 e. The average molecular weight is 481 g/mol. The Kier molecular flexibility index (Phi) is 12.0. The Morgan fingerprint density at radius 1 is 1.06 bits per heavy atom. The number of ether oxygens (including phenoxy) is 3. The van der Waals surface area contributed by atoms with E-state index in [9.17, 15) is 19.5 Å². The van der Waals surface area contributed by atoms with Gasteiger partial charge in [-0.2, -0.15) is 0 Å². The van der Waals surface area contributed by atoms with Gasteiger partial charge in [-0.3, -0.25) is 9.59 Å². The minimum atomic E-state index is -1.16. The van der Waals surface area contributed by atoms with Crippen LogP contribution in [0.15, 0.2) is 30.3 Å². The summed E-state index contributed by atoms with van der Waals surface area (Å²) in [6, 6.07) is 7.60. The van der Waals surface area contributed by atoms with Gasteiger partial charge in [-0.05, 0) is 39.2 Å². The van der Waals surface area contributed by atoms with Gasteiger partial charge in [0.05, 0.1) is 38.4 Å². The number of methoxy groups -OCH3 is 1. The lowest BCUT2D eigenvalue weighted by molar-refractivity contribution is -0.144. The number of carbonyl (C=O) groups excluding carboxylic acids is 3. The van der Waals surface area contributed by atoms with Crippen LogP contribution in [0.1, 0.15) is 59.9 Å². The molecular weight excluding hydrogens is 440 g/mol. The van der Waals surface area contributed by atoms with E-state index in [0.29, 0.717) is 6.42 Å². The number of esters is 1. The summed E-state index contributed by atoms with van der Waals surface area (Å²) in [6.07, 6.45) is -2.27. The molecule has 0 spiro atoms. The molecule has 0 saturated carbocycles. The number of aliphatic hydroxyl groups is 1. The Hall–Kier alpha value is -2.65. The number of aliphatic hydroxyl groups excluding tert-OH is 1. The fourth-order valence-corrected chi connectivity index (χ4v) is 3.24. The minimum Gasteiger partial charge on any atom is -0.469 e. The summed E-state index contributed by atoms with van der Waals surface area (Å²) < 4.78 is 15.9. The van der Waals surface area contributed by atoms with Crippen molar-refractivity contribution in [2.75, 3.05) is 7.11 Å². The van der Waals surface area contributed by atoms with Gasteiger partial charge in [0.2, 0.25) is 5.91 Å². The van der Waals surface area contributed by atoms with Gasteiger partial charge in [-0.25, -0.2) is 4.79 Å². The van der Waals surface area contributed by atoms with E-state index >= 15 is 0 Å². The third-order valence-corrected chi connectivity index (χ3v) is 5.36. The Balaban J connectivity index is 3.04. The first-order valence-corrected chi connectivity index (χ1v) is 11.6. The summed E-state index contributed by atoms with van der Waals surface area (Å²) in [6.45, 7) is 10.8. The molecule has 1 aromatic carbocycles. The highest BCUT2D eigenvalue weighted by molar-refractivity contribution is 5.86. The van der Waals surface area contributed by atoms with Crippen molar-refractivity contribution in [3.8, 4) is 0 Å². The lowest BCUT2D eigenvalue weighted by atomic mass is 9.92. The molecule has 0 aromatic heterocycles. The highest BCUT2D eigenvalue weighted by Crippen LogP contribution is 2.16. The molecule has 1 rings (SSSR count). The molecule has 0 aliphatic rings. The first-order valence-electron chi connectivity index (χ1n) is 11.6. The van der Waals surface area contributed by atoms with Crippen molar-refractivity contribution in [1.82, 2.24) is 10.6 Å². The maximum absolute atomic E-state index is 13.3. The Morgan fingerprint density at radius 2 is 1.68 bits per heavy atom. The second-order valence-corrected chi connectivity index (χ2v) is 9.39. The topological polar surface area (TPSA) is 123 Å². The third-order valence-electron chi connectivity index (χ3n) is 5.36. The Bertz CT molecular complexity index is 779. The van der Waals surface area contributed by atoms with Crippen LogP contribution in [-0.4, -0.2) is 60.1 Å². The number of rotatable bonds is 12. The number of hydrogen-bond acceptors (Lipinski definition) is 7. The number of amides is 2. The minimum absolute atomic E-state index is 0.147. The molecule has 0 unspecified atom stereocenters. The molecule has 0 saturated heterocycles. The smallest absolute Gasteiger partial charge is 0.408 e. The van der Waals surface area contributed by atoms with Crippen LogP contribution in [0.5, 0.6) is 0 Å². The van der Waals surface area contributed by atoms with Crippen LogP contribution in [0.4, 0.5) is 4.79 Å². The molecule has 9 heteroatoms. The zero-order chi connectivity index (χ0) is 25.9. The van der Waals surface area contributed by atoms with Gasteiger partial charge >= 0.3 is 12.1 Å². The van der Waals surface area contributed by atoms with E-state index in [1.54, 1.807) is 27.7 Å². The van der Waals surface area contributed by atoms with E-state index in [2.05, 4.69) is 15.4 Å². The van der Waals surface area contributed by atoms with Crippen molar-refractivity contribution < 1.29 is 33.7 Å². The van der Waals surface area contributed by atoms with Crippen molar-refractivity contribution in [2.24, 2.45) is 5.92 Å². The number of alkyl carbamates (subject to hydrolysis) is 1. The van der Waals surface area contributed by atoms with Crippen LogP contribution in [0, 0.1) is 5.92 Å². The fraction of sp³-hybridized carbons (Fsp3) is 0.640. The van der Waals surface area contributed by atoms with Crippen LogP contribution >= 0.6 is 0 Å². The van der Waals surface area contributed by atoms with Crippen molar-refractivity contribution >= 4 is 18.0 Å². The summed E-state index contributed by atoms with van der Waals surface area (Å²) >= 11 is 0. The zero-order valence-corrected chi connectivity index (χ0v) is 21.3.